The second-order valence-corrected chi connectivity index (χ2v) is 11.8. The molecule has 0 aliphatic carbocycles. The number of halogens is 1. The lowest BCUT2D eigenvalue weighted by Gasteiger charge is -2.35. The zero-order valence-electron chi connectivity index (χ0n) is 21.2. The zero-order chi connectivity index (χ0) is 27.7. The number of hydrogen-bond acceptors (Lipinski definition) is 8. The van der Waals surface area contributed by atoms with Crippen LogP contribution in [0.3, 0.4) is 0 Å². The predicted octanol–water partition coefficient (Wildman–Crippen LogP) is 3.12. The van der Waals surface area contributed by atoms with Crippen LogP contribution in [-0.4, -0.2) is 51.9 Å². The molecule has 2 aromatic rings. The number of anilines is 1. The molecule has 2 amide bonds. The van der Waals surface area contributed by atoms with Gasteiger partial charge in [-0.15, -0.1) is 0 Å². The highest BCUT2D eigenvalue weighted by atomic mass is 35.5. The van der Waals surface area contributed by atoms with Crippen molar-refractivity contribution in [2.75, 3.05) is 24.8 Å². The molecule has 202 valence electrons. The Morgan fingerprint density at radius 2 is 1.89 bits per heavy atom. The van der Waals surface area contributed by atoms with Crippen molar-refractivity contribution >= 4 is 39.1 Å². The van der Waals surface area contributed by atoms with E-state index in [0.717, 1.165) is 6.26 Å². The van der Waals surface area contributed by atoms with E-state index in [-0.39, 0.29) is 17.1 Å². The molecule has 1 aliphatic rings. The van der Waals surface area contributed by atoms with E-state index < -0.39 is 52.0 Å². The van der Waals surface area contributed by atoms with E-state index in [1.807, 2.05) is 0 Å². The number of fused-ring (bicyclic) bond motifs is 1. The smallest absolute Gasteiger partial charge is 0.270 e. The van der Waals surface area contributed by atoms with Crippen molar-refractivity contribution < 1.29 is 37.3 Å². The van der Waals surface area contributed by atoms with Crippen LogP contribution in [0.25, 0.3) is 0 Å². The van der Waals surface area contributed by atoms with Gasteiger partial charge >= 0.3 is 0 Å². The first-order chi connectivity index (χ1) is 17.2. The lowest BCUT2D eigenvalue weighted by Crippen LogP contribution is -2.44. The molecule has 1 aliphatic heterocycles. The first-order valence-corrected chi connectivity index (χ1v) is 13.6. The Morgan fingerprint density at radius 3 is 2.46 bits per heavy atom. The first-order valence-electron chi connectivity index (χ1n) is 11.4. The van der Waals surface area contributed by atoms with Crippen LogP contribution in [-0.2, 0) is 24.3 Å². The molecule has 3 rings (SSSR count). The standard InChI is InChI=1S/C25H31ClN2O8S/c1-25(2,23(30)15-7-6-8-18(34-3)22(15)35-4)13-20-16-11-14(26)9-10-17(16)28(37(5,32)33)24(31)19(36-20)12-21(27)29/h6-11,19-20,23,30H,12-13H2,1-5H3,(H2,27,29)/t19-,20+,23?/m1/s1. The number of aliphatic hydroxyl groups is 1. The molecular formula is C25H31ClN2O8S. The van der Waals surface area contributed by atoms with Crippen molar-refractivity contribution in [3.8, 4) is 11.5 Å². The SMILES string of the molecule is COc1cccc(C(O)C(C)(C)C[C@@H]2O[C@H](CC(N)=O)C(=O)N(S(C)(=O)=O)c3ccc(Cl)cc32)c1OC. The monoisotopic (exact) mass is 554 g/mol. The molecule has 2 aromatic carbocycles. The van der Waals surface area contributed by atoms with E-state index in [1.54, 1.807) is 32.0 Å². The van der Waals surface area contributed by atoms with Gasteiger partial charge in [0.15, 0.2) is 11.5 Å². The van der Waals surface area contributed by atoms with Crippen LogP contribution in [0.5, 0.6) is 11.5 Å². The van der Waals surface area contributed by atoms with E-state index >= 15 is 0 Å². The summed E-state index contributed by atoms with van der Waals surface area (Å²) in [5, 5.41) is 11.8. The summed E-state index contributed by atoms with van der Waals surface area (Å²) in [6, 6.07) is 9.51. The van der Waals surface area contributed by atoms with Gasteiger partial charge in [-0.3, -0.25) is 9.59 Å². The van der Waals surface area contributed by atoms with Gasteiger partial charge < -0.3 is 25.1 Å². The van der Waals surface area contributed by atoms with Gasteiger partial charge in [-0.2, -0.15) is 0 Å². The van der Waals surface area contributed by atoms with Crippen LogP contribution in [0.2, 0.25) is 5.02 Å². The van der Waals surface area contributed by atoms with Crippen LogP contribution in [0.15, 0.2) is 36.4 Å². The van der Waals surface area contributed by atoms with Gasteiger partial charge in [-0.1, -0.05) is 37.6 Å². The third-order valence-electron chi connectivity index (χ3n) is 6.26. The minimum Gasteiger partial charge on any atom is -0.493 e. The zero-order valence-corrected chi connectivity index (χ0v) is 22.8. The number of ether oxygens (including phenoxy) is 3. The second kappa shape index (κ2) is 10.9. The van der Waals surface area contributed by atoms with Crippen molar-refractivity contribution in [2.24, 2.45) is 11.1 Å². The summed E-state index contributed by atoms with van der Waals surface area (Å²) < 4.78 is 42.9. The van der Waals surface area contributed by atoms with Crippen LogP contribution in [0.4, 0.5) is 5.69 Å². The highest BCUT2D eigenvalue weighted by Crippen LogP contribution is 2.49. The minimum atomic E-state index is -4.11. The molecule has 0 spiro atoms. The van der Waals surface area contributed by atoms with E-state index in [9.17, 15) is 23.1 Å². The number of nitrogens with two attached hydrogens (primary N) is 1. The number of nitrogens with zero attached hydrogens (tertiary/aromatic N) is 1. The molecule has 0 fully saturated rings. The number of sulfonamides is 1. The maximum absolute atomic E-state index is 13.3. The number of aliphatic hydroxyl groups excluding tert-OH is 1. The molecule has 0 saturated carbocycles. The van der Waals surface area contributed by atoms with Crippen LogP contribution >= 0.6 is 11.6 Å². The maximum Gasteiger partial charge on any atom is 0.270 e. The summed E-state index contributed by atoms with van der Waals surface area (Å²) in [4.78, 5) is 25.1. The Labute approximate surface area is 221 Å². The Hall–Kier alpha value is -2.86. The van der Waals surface area contributed by atoms with Crippen molar-refractivity contribution in [3.05, 3.63) is 52.5 Å². The van der Waals surface area contributed by atoms with E-state index in [0.29, 0.717) is 26.9 Å². The largest absolute Gasteiger partial charge is 0.493 e. The molecule has 12 heteroatoms. The molecule has 0 saturated heterocycles. The van der Waals surface area contributed by atoms with Gasteiger partial charge in [0.2, 0.25) is 15.9 Å². The topological polar surface area (TPSA) is 145 Å². The lowest BCUT2D eigenvalue weighted by molar-refractivity contribution is -0.139. The number of hydrogen-bond donors (Lipinski definition) is 2. The van der Waals surface area contributed by atoms with Gasteiger partial charge in [0.05, 0.1) is 44.8 Å². The number of primary amides is 1. The predicted molar refractivity (Wildman–Crippen MR) is 138 cm³/mol. The van der Waals surface area contributed by atoms with Crippen LogP contribution < -0.4 is 19.5 Å². The summed E-state index contributed by atoms with van der Waals surface area (Å²) in [6.07, 6.45) is -3.05. The number of benzene rings is 2. The fourth-order valence-electron chi connectivity index (χ4n) is 4.50. The fraction of sp³-hybridized carbons (Fsp3) is 0.440. The molecule has 37 heavy (non-hydrogen) atoms. The van der Waals surface area contributed by atoms with Crippen molar-refractivity contribution in [3.63, 3.8) is 0 Å². The number of amides is 2. The van der Waals surface area contributed by atoms with Crippen molar-refractivity contribution in [1.29, 1.82) is 0 Å². The molecular weight excluding hydrogens is 524 g/mol. The van der Waals surface area contributed by atoms with Crippen LogP contribution in [0, 0.1) is 5.41 Å². The molecule has 1 unspecified atom stereocenters. The number of methoxy groups -OCH3 is 2. The number of carbonyl (C=O) groups is 2. The maximum atomic E-state index is 13.3. The Bertz CT molecular complexity index is 1300. The van der Waals surface area contributed by atoms with E-state index in [4.69, 9.17) is 31.5 Å². The second-order valence-electron chi connectivity index (χ2n) is 9.53. The average Bonchev–Trinajstić information content (AvgIpc) is 2.91. The summed E-state index contributed by atoms with van der Waals surface area (Å²) in [5.41, 5.74) is 5.26. The molecule has 3 atom stereocenters. The molecule has 0 radical (unpaired) electrons. The first kappa shape index (κ1) is 28.7. The highest BCUT2D eigenvalue weighted by molar-refractivity contribution is 7.92. The van der Waals surface area contributed by atoms with E-state index in [1.165, 1.54) is 32.4 Å². The summed E-state index contributed by atoms with van der Waals surface area (Å²) in [6.45, 7) is 3.57. The van der Waals surface area contributed by atoms with E-state index in [2.05, 4.69) is 0 Å². The van der Waals surface area contributed by atoms with Gasteiger partial charge in [0, 0.05) is 16.1 Å². The summed E-state index contributed by atoms with van der Waals surface area (Å²) in [5.74, 6) is -0.982. The Morgan fingerprint density at radius 1 is 1.22 bits per heavy atom. The summed E-state index contributed by atoms with van der Waals surface area (Å²) in [7, 11) is -1.15. The van der Waals surface area contributed by atoms with Gasteiger partial charge in [0.25, 0.3) is 5.91 Å². The average molecular weight is 555 g/mol. The van der Waals surface area contributed by atoms with Crippen molar-refractivity contribution in [1.82, 2.24) is 0 Å². The normalized spacial score (nSPS) is 19.1. The third kappa shape index (κ3) is 6.01. The molecule has 0 bridgehead atoms. The quantitative estimate of drug-likeness (QED) is 0.481. The fourth-order valence-corrected chi connectivity index (χ4v) is 5.65. The lowest BCUT2D eigenvalue weighted by atomic mass is 9.76. The minimum absolute atomic E-state index is 0.0538. The summed E-state index contributed by atoms with van der Waals surface area (Å²) >= 11 is 6.25. The van der Waals surface area contributed by atoms with Gasteiger partial charge in [-0.05, 0) is 36.1 Å². The molecule has 1 heterocycles. The van der Waals surface area contributed by atoms with Crippen LogP contribution in [0.1, 0.15) is 50.0 Å². The molecule has 3 N–H and O–H groups in total. The number of para-hydroxylation sites is 1. The number of carbonyl (C=O) groups excluding carboxylic acids is 2. The third-order valence-corrected chi connectivity index (χ3v) is 7.53. The van der Waals surface area contributed by atoms with Gasteiger partial charge in [-0.25, -0.2) is 12.7 Å². The molecule has 10 nitrogen and oxygen atoms in total. The highest BCUT2D eigenvalue weighted by Gasteiger charge is 2.43. The van der Waals surface area contributed by atoms with Crippen molar-refractivity contribution in [2.45, 2.75) is 45.0 Å². The number of rotatable bonds is 9. The molecule has 0 aromatic heterocycles. The Kier molecular flexibility index (Phi) is 8.43. The van der Waals surface area contributed by atoms with Gasteiger partial charge in [0.1, 0.15) is 6.10 Å². The Balaban J connectivity index is 2.13.